The van der Waals surface area contributed by atoms with E-state index in [2.05, 4.69) is 0 Å². The Morgan fingerprint density at radius 2 is 2.06 bits per heavy atom. The summed E-state index contributed by atoms with van der Waals surface area (Å²) in [5.74, 6) is -2.74. The summed E-state index contributed by atoms with van der Waals surface area (Å²) in [5.41, 5.74) is 0.177. The van der Waals surface area contributed by atoms with Gasteiger partial charge < -0.3 is 5.11 Å². The van der Waals surface area contributed by atoms with Crippen LogP contribution in [0.4, 0.5) is 8.78 Å². The lowest BCUT2D eigenvalue weighted by atomic mass is 9.92. The Morgan fingerprint density at radius 1 is 1.44 bits per heavy atom. The van der Waals surface area contributed by atoms with Crippen LogP contribution in [0.15, 0.2) is 24.3 Å². The van der Waals surface area contributed by atoms with Gasteiger partial charge in [0, 0.05) is 0 Å². The average molecular weight is 225 g/mol. The Bertz CT molecular complexity index is 426. The standard InChI is InChI=1S/C11H9F2NO2/c12-11(13)9(5-10(15)16)8-4-2-1-3-7(8)6-14/h1-4,9,11H,5H2,(H,15,16). The number of benzene rings is 1. The molecule has 0 fully saturated rings. The van der Waals surface area contributed by atoms with E-state index in [4.69, 9.17) is 10.4 Å². The Kier molecular flexibility index (Phi) is 3.95. The quantitative estimate of drug-likeness (QED) is 0.855. The molecule has 5 heteroatoms. The van der Waals surface area contributed by atoms with Gasteiger partial charge in [0.25, 0.3) is 0 Å². The van der Waals surface area contributed by atoms with Gasteiger partial charge in [0.15, 0.2) is 0 Å². The predicted octanol–water partition coefficient (Wildman–Crippen LogP) is 2.38. The first-order chi connectivity index (χ1) is 7.56. The maximum Gasteiger partial charge on any atom is 0.304 e. The summed E-state index contributed by atoms with van der Waals surface area (Å²) in [5, 5.41) is 17.3. The Balaban J connectivity index is 3.11. The molecule has 0 heterocycles. The zero-order valence-corrected chi connectivity index (χ0v) is 8.23. The van der Waals surface area contributed by atoms with Crippen molar-refractivity contribution in [3.8, 4) is 6.07 Å². The van der Waals surface area contributed by atoms with Crippen molar-refractivity contribution < 1.29 is 18.7 Å². The molecular weight excluding hydrogens is 216 g/mol. The summed E-state index contributed by atoms with van der Waals surface area (Å²) in [7, 11) is 0. The normalized spacial score (nSPS) is 12.1. The molecule has 0 saturated carbocycles. The third-order valence-corrected chi connectivity index (χ3v) is 2.18. The van der Waals surface area contributed by atoms with Gasteiger partial charge in [-0.05, 0) is 11.6 Å². The van der Waals surface area contributed by atoms with Gasteiger partial charge in [0.1, 0.15) is 0 Å². The SMILES string of the molecule is N#Cc1ccccc1C(CC(=O)O)C(F)F. The highest BCUT2D eigenvalue weighted by atomic mass is 19.3. The molecule has 0 amide bonds. The first-order valence-electron chi connectivity index (χ1n) is 4.55. The van der Waals surface area contributed by atoms with E-state index in [-0.39, 0.29) is 11.1 Å². The largest absolute Gasteiger partial charge is 0.481 e. The molecule has 1 N–H and O–H groups in total. The van der Waals surface area contributed by atoms with Crippen molar-refractivity contribution in [1.82, 2.24) is 0 Å². The predicted molar refractivity (Wildman–Crippen MR) is 52.2 cm³/mol. The zero-order valence-electron chi connectivity index (χ0n) is 8.23. The van der Waals surface area contributed by atoms with Crippen LogP contribution in [-0.4, -0.2) is 17.5 Å². The highest BCUT2D eigenvalue weighted by molar-refractivity contribution is 5.68. The molecule has 0 aromatic heterocycles. The van der Waals surface area contributed by atoms with Crippen molar-refractivity contribution in [3.63, 3.8) is 0 Å². The number of carbonyl (C=O) groups is 1. The fourth-order valence-electron chi connectivity index (χ4n) is 1.45. The van der Waals surface area contributed by atoms with Gasteiger partial charge in [-0.15, -0.1) is 0 Å². The van der Waals surface area contributed by atoms with Crippen LogP contribution in [0.2, 0.25) is 0 Å². The lowest BCUT2D eigenvalue weighted by Gasteiger charge is -2.15. The van der Waals surface area contributed by atoms with E-state index >= 15 is 0 Å². The topological polar surface area (TPSA) is 61.1 Å². The van der Waals surface area contributed by atoms with E-state index in [9.17, 15) is 13.6 Å². The van der Waals surface area contributed by atoms with Crippen molar-refractivity contribution in [3.05, 3.63) is 35.4 Å². The summed E-state index contributed by atoms with van der Waals surface area (Å²) in [6.07, 6.45) is -3.48. The van der Waals surface area contributed by atoms with Crippen LogP contribution in [0.25, 0.3) is 0 Å². The number of rotatable bonds is 4. The highest BCUT2D eigenvalue weighted by Crippen LogP contribution is 2.29. The second-order valence-electron chi connectivity index (χ2n) is 3.24. The summed E-state index contributed by atoms with van der Waals surface area (Å²) in [6, 6.07) is 7.59. The van der Waals surface area contributed by atoms with Crippen LogP contribution in [-0.2, 0) is 4.79 Å². The van der Waals surface area contributed by atoms with Gasteiger partial charge in [-0.25, -0.2) is 8.78 Å². The Labute approximate surface area is 90.9 Å². The van der Waals surface area contributed by atoms with Crippen LogP contribution < -0.4 is 0 Å². The number of carboxylic acids is 1. The lowest BCUT2D eigenvalue weighted by Crippen LogP contribution is -2.15. The van der Waals surface area contributed by atoms with Gasteiger partial charge in [-0.3, -0.25) is 4.79 Å². The van der Waals surface area contributed by atoms with Crippen LogP contribution in [0.1, 0.15) is 23.5 Å². The Hall–Kier alpha value is -1.96. The fourth-order valence-corrected chi connectivity index (χ4v) is 1.45. The average Bonchev–Trinajstić information content (AvgIpc) is 2.25. The molecular formula is C11H9F2NO2. The summed E-state index contributed by atoms with van der Waals surface area (Å²) >= 11 is 0. The van der Waals surface area contributed by atoms with Crippen LogP contribution >= 0.6 is 0 Å². The molecule has 0 aliphatic rings. The third-order valence-electron chi connectivity index (χ3n) is 2.18. The molecule has 0 aliphatic heterocycles. The van der Waals surface area contributed by atoms with E-state index in [1.165, 1.54) is 18.2 Å². The van der Waals surface area contributed by atoms with E-state index in [1.54, 1.807) is 12.1 Å². The molecule has 0 bridgehead atoms. The van der Waals surface area contributed by atoms with Crippen LogP contribution in [0.3, 0.4) is 0 Å². The third kappa shape index (κ3) is 2.76. The molecule has 0 saturated heterocycles. The number of hydrogen-bond donors (Lipinski definition) is 1. The van der Waals surface area contributed by atoms with E-state index in [0.717, 1.165) is 0 Å². The van der Waals surface area contributed by atoms with Crippen LogP contribution in [0, 0.1) is 11.3 Å². The van der Waals surface area contributed by atoms with Gasteiger partial charge in [-0.2, -0.15) is 5.26 Å². The first-order valence-corrected chi connectivity index (χ1v) is 4.55. The number of carboxylic acid groups (broad SMARTS) is 1. The minimum Gasteiger partial charge on any atom is -0.481 e. The van der Waals surface area contributed by atoms with Crippen molar-refractivity contribution in [2.75, 3.05) is 0 Å². The van der Waals surface area contributed by atoms with E-state index < -0.39 is 24.7 Å². The van der Waals surface area contributed by atoms with Crippen molar-refractivity contribution in [2.45, 2.75) is 18.8 Å². The minimum atomic E-state index is -2.80. The summed E-state index contributed by atoms with van der Waals surface area (Å²) in [6.45, 7) is 0. The van der Waals surface area contributed by atoms with Gasteiger partial charge in [-0.1, -0.05) is 18.2 Å². The second-order valence-corrected chi connectivity index (χ2v) is 3.24. The maximum atomic E-state index is 12.7. The van der Waals surface area contributed by atoms with Gasteiger partial charge in [0.05, 0.1) is 24.0 Å². The van der Waals surface area contributed by atoms with Gasteiger partial charge >= 0.3 is 5.97 Å². The summed E-state index contributed by atoms with van der Waals surface area (Å²) in [4.78, 5) is 10.5. The lowest BCUT2D eigenvalue weighted by molar-refractivity contribution is -0.138. The molecule has 1 atom stereocenters. The summed E-state index contributed by atoms with van der Waals surface area (Å²) < 4.78 is 25.4. The number of alkyl halides is 2. The van der Waals surface area contributed by atoms with Crippen molar-refractivity contribution >= 4 is 5.97 Å². The molecule has 1 aromatic carbocycles. The Morgan fingerprint density at radius 3 is 2.56 bits per heavy atom. The molecule has 0 radical (unpaired) electrons. The van der Waals surface area contributed by atoms with Gasteiger partial charge in [0.2, 0.25) is 6.43 Å². The zero-order chi connectivity index (χ0) is 12.1. The molecule has 1 unspecified atom stereocenters. The maximum absolute atomic E-state index is 12.7. The number of aliphatic carboxylic acids is 1. The number of hydrogen-bond acceptors (Lipinski definition) is 2. The highest BCUT2D eigenvalue weighted by Gasteiger charge is 2.27. The van der Waals surface area contributed by atoms with Crippen LogP contribution in [0.5, 0.6) is 0 Å². The number of halogens is 2. The van der Waals surface area contributed by atoms with Crippen molar-refractivity contribution in [1.29, 1.82) is 5.26 Å². The second kappa shape index (κ2) is 5.21. The molecule has 1 aromatic rings. The fraction of sp³-hybridized carbons (Fsp3) is 0.273. The molecule has 0 spiro atoms. The smallest absolute Gasteiger partial charge is 0.304 e. The molecule has 1 rings (SSSR count). The number of nitrogens with zero attached hydrogens (tertiary/aromatic N) is 1. The molecule has 84 valence electrons. The molecule has 3 nitrogen and oxygen atoms in total. The van der Waals surface area contributed by atoms with Crippen molar-refractivity contribution in [2.24, 2.45) is 0 Å². The monoisotopic (exact) mass is 225 g/mol. The molecule has 0 aliphatic carbocycles. The first kappa shape index (κ1) is 12.1. The van der Waals surface area contributed by atoms with E-state index in [1.807, 2.05) is 0 Å². The number of nitriles is 1. The minimum absolute atomic E-state index is 0.0856. The molecule has 16 heavy (non-hydrogen) atoms. The van der Waals surface area contributed by atoms with E-state index in [0.29, 0.717) is 0 Å².